The van der Waals surface area contributed by atoms with Crippen LogP contribution in [-0.2, 0) is 6.18 Å². The van der Waals surface area contributed by atoms with Gasteiger partial charge in [-0.05, 0) is 29.7 Å². The van der Waals surface area contributed by atoms with E-state index in [2.05, 4.69) is 10.6 Å². The van der Waals surface area contributed by atoms with E-state index in [1.54, 1.807) is 6.08 Å². The summed E-state index contributed by atoms with van der Waals surface area (Å²) >= 11 is 1.44. The number of anilines is 1. The third-order valence-corrected chi connectivity index (χ3v) is 3.60. The van der Waals surface area contributed by atoms with Crippen molar-refractivity contribution in [2.45, 2.75) is 6.18 Å². The molecule has 1 aromatic carbocycles. The topological polar surface area (TPSA) is 84.3 Å². The first-order valence-corrected chi connectivity index (χ1v) is 7.28. The third kappa shape index (κ3) is 4.56. The molecule has 2 N–H and O–H groups in total. The van der Waals surface area contributed by atoms with E-state index < -0.39 is 28.4 Å². The maximum Gasteiger partial charge on any atom is 0.423 e. The van der Waals surface area contributed by atoms with Crippen molar-refractivity contribution in [3.8, 4) is 0 Å². The van der Waals surface area contributed by atoms with Gasteiger partial charge in [-0.1, -0.05) is 6.07 Å². The molecule has 0 saturated heterocycles. The summed E-state index contributed by atoms with van der Waals surface area (Å²) in [6, 6.07) is 5.09. The number of benzene rings is 1. The number of urea groups is 1. The van der Waals surface area contributed by atoms with Crippen molar-refractivity contribution in [1.82, 2.24) is 5.32 Å². The summed E-state index contributed by atoms with van der Waals surface area (Å²) in [5, 5.41) is 17.0. The number of carbonyl (C=O) groups excluding carboxylic acids is 1. The number of nitro groups is 1. The Balaban J connectivity index is 2.09. The fourth-order valence-electron chi connectivity index (χ4n) is 1.75. The van der Waals surface area contributed by atoms with Crippen LogP contribution in [0.25, 0.3) is 6.08 Å². The van der Waals surface area contributed by atoms with Crippen molar-refractivity contribution in [3.63, 3.8) is 0 Å². The Bertz CT molecular complexity index is 773. The summed E-state index contributed by atoms with van der Waals surface area (Å²) in [6.07, 6.45) is -1.96. The van der Waals surface area contributed by atoms with Crippen LogP contribution < -0.4 is 10.6 Å². The quantitative estimate of drug-likeness (QED) is 0.625. The number of nitrogens with one attached hydrogen (secondary N) is 2. The molecule has 24 heavy (non-hydrogen) atoms. The maximum absolute atomic E-state index is 12.8. The Hall–Kier alpha value is -2.88. The van der Waals surface area contributed by atoms with E-state index in [4.69, 9.17) is 0 Å². The zero-order chi connectivity index (χ0) is 17.7. The first kappa shape index (κ1) is 17.5. The van der Waals surface area contributed by atoms with Crippen molar-refractivity contribution in [2.75, 3.05) is 5.32 Å². The van der Waals surface area contributed by atoms with Crippen LogP contribution in [-0.4, -0.2) is 11.0 Å². The number of amides is 2. The Morgan fingerprint density at radius 1 is 1.29 bits per heavy atom. The smallest absolute Gasteiger partial charge is 0.314 e. The lowest BCUT2D eigenvalue weighted by Gasteiger charge is -2.10. The summed E-state index contributed by atoms with van der Waals surface area (Å²) in [7, 11) is 0. The fraction of sp³-hybridized carbons (Fsp3) is 0.0714. The van der Waals surface area contributed by atoms with Crippen LogP contribution in [0.5, 0.6) is 0 Å². The van der Waals surface area contributed by atoms with Gasteiger partial charge in [0, 0.05) is 22.8 Å². The lowest BCUT2D eigenvalue weighted by Crippen LogP contribution is -2.24. The Morgan fingerprint density at radius 2 is 2.04 bits per heavy atom. The molecule has 0 spiro atoms. The highest BCUT2D eigenvalue weighted by Gasteiger charge is 2.38. The molecular weight excluding hydrogens is 347 g/mol. The van der Waals surface area contributed by atoms with Gasteiger partial charge in [0.25, 0.3) is 5.69 Å². The average molecular weight is 357 g/mol. The second kappa shape index (κ2) is 7.13. The van der Waals surface area contributed by atoms with E-state index in [1.807, 2.05) is 17.5 Å². The first-order chi connectivity index (χ1) is 11.3. The molecule has 0 aliphatic carbocycles. The predicted molar refractivity (Wildman–Crippen MR) is 83.6 cm³/mol. The number of halogens is 3. The molecule has 2 aromatic rings. The molecule has 0 fully saturated rings. The van der Waals surface area contributed by atoms with E-state index in [0.717, 1.165) is 10.9 Å². The molecule has 6 nitrogen and oxygen atoms in total. The van der Waals surface area contributed by atoms with E-state index in [9.17, 15) is 28.1 Å². The lowest BCUT2D eigenvalue weighted by atomic mass is 10.1. The highest BCUT2D eigenvalue weighted by molar-refractivity contribution is 7.10. The number of carbonyl (C=O) groups is 1. The number of hydrogen-bond acceptors (Lipinski definition) is 4. The molecule has 2 amide bonds. The Morgan fingerprint density at radius 3 is 2.62 bits per heavy atom. The SMILES string of the molecule is O=C(N/C=C/c1cccs1)Nc1ccc([N+](=O)[O-])c(C(F)(F)F)c1. The molecule has 1 aromatic heterocycles. The van der Waals surface area contributed by atoms with Crippen molar-refractivity contribution in [3.05, 3.63) is 62.5 Å². The van der Waals surface area contributed by atoms with E-state index in [0.29, 0.717) is 12.1 Å². The van der Waals surface area contributed by atoms with Crippen LogP contribution in [0, 0.1) is 10.1 Å². The van der Waals surface area contributed by atoms with Crippen LogP contribution in [0.3, 0.4) is 0 Å². The number of alkyl halides is 3. The summed E-state index contributed by atoms with van der Waals surface area (Å²) in [5.74, 6) is 0. The molecule has 0 unspecified atom stereocenters. The molecule has 0 bridgehead atoms. The number of hydrogen-bond donors (Lipinski definition) is 2. The number of nitrogens with zero attached hydrogens (tertiary/aromatic N) is 1. The second-order valence-corrected chi connectivity index (χ2v) is 5.41. The van der Waals surface area contributed by atoms with Gasteiger partial charge in [0.15, 0.2) is 0 Å². The van der Waals surface area contributed by atoms with Gasteiger partial charge in [0.05, 0.1) is 4.92 Å². The Labute approximate surface area is 137 Å². The minimum absolute atomic E-state index is 0.213. The van der Waals surface area contributed by atoms with Crippen LogP contribution in [0.1, 0.15) is 10.4 Å². The summed E-state index contributed by atoms with van der Waals surface area (Å²) in [4.78, 5) is 22.0. The monoisotopic (exact) mass is 357 g/mol. The van der Waals surface area contributed by atoms with Crippen molar-refractivity contribution in [2.24, 2.45) is 0 Å². The van der Waals surface area contributed by atoms with Crippen LogP contribution >= 0.6 is 11.3 Å². The predicted octanol–water partition coefficient (Wildman–Crippen LogP) is 4.47. The van der Waals surface area contributed by atoms with Gasteiger partial charge in [0.1, 0.15) is 5.56 Å². The maximum atomic E-state index is 12.8. The summed E-state index contributed by atoms with van der Waals surface area (Å²) < 4.78 is 38.5. The van der Waals surface area contributed by atoms with E-state index in [1.165, 1.54) is 17.5 Å². The van der Waals surface area contributed by atoms with Crippen LogP contribution in [0.2, 0.25) is 0 Å². The molecule has 0 aliphatic rings. The van der Waals surface area contributed by atoms with E-state index >= 15 is 0 Å². The zero-order valence-electron chi connectivity index (χ0n) is 11.8. The Kier molecular flexibility index (Phi) is 5.19. The molecule has 0 radical (unpaired) electrons. The normalized spacial score (nSPS) is 11.5. The molecule has 126 valence electrons. The largest absolute Gasteiger partial charge is 0.423 e. The van der Waals surface area contributed by atoms with Crippen molar-refractivity contribution < 1.29 is 22.9 Å². The van der Waals surface area contributed by atoms with Gasteiger partial charge in [0.2, 0.25) is 0 Å². The van der Waals surface area contributed by atoms with Crippen molar-refractivity contribution >= 4 is 34.8 Å². The van der Waals surface area contributed by atoms with E-state index in [-0.39, 0.29) is 5.69 Å². The van der Waals surface area contributed by atoms with Crippen LogP contribution in [0.4, 0.5) is 29.3 Å². The van der Waals surface area contributed by atoms with Gasteiger partial charge < -0.3 is 10.6 Å². The highest BCUT2D eigenvalue weighted by atomic mass is 32.1. The number of rotatable bonds is 4. The molecule has 0 aliphatic heterocycles. The summed E-state index contributed by atoms with van der Waals surface area (Å²) in [6.45, 7) is 0. The highest BCUT2D eigenvalue weighted by Crippen LogP contribution is 2.37. The second-order valence-electron chi connectivity index (χ2n) is 4.43. The molecular formula is C14H10F3N3O3S. The minimum Gasteiger partial charge on any atom is -0.314 e. The van der Waals surface area contributed by atoms with Crippen molar-refractivity contribution in [1.29, 1.82) is 0 Å². The van der Waals surface area contributed by atoms with Gasteiger partial charge >= 0.3 is 12.2 Å². The average Bonchev–Trinajstić information content (AvgIpc) is 2.99. The van der Waals surface area contributed by atoms with Gasteiger partial charge in [-0.15, -0.1) is 11.3 Å². The van der Waals surface area contributed by atoms with Crippen LogP contribution in [0.15, 0.2) is 41.9 Å². The molecule has 0 atom stereocenters. The lowest BCUT2D eigenvalue weighted by molar-refractivity contribution is -0.388. The molecule has 0 saturated carbocycles. The number of nitro benzene ring substituents is 1. The summed E-state index contributed by atoms with van der Waals surface area (Å²) in [5.41, 5.74) is -2.72. The minimum atomic E-state index is -4.91. The fourth-order valence-corrected chi connectivity index (χ4v) is 2.37. The molecule has 1 heterocycles. The zero-order valence-corrected chi connectivity index (χ0v) is 12.6. The third-order valence-electron chi connectivity index (χ3n) is 2.76. The standard InChI is InChI=1S/C14H10F3N3O3S/c15-14(16,17)11-8-9(3-4-12(11)20(22)23)19-13(21)18-6-5-10-2-1-7-24-10/h1-8H,(H2,18,19,21)/b6-5+. The van der Waals surface area contributed by atoms with Gasteiger partial charge in [-0.2, -0.15) is 13.2 Å². The van der Waals surface area contributed by atoms with Gasteiger partial charge in [-0.3, -0.25) is 10.1 Å². The molecule has 2 rings (SSSR count). The molecule has 10 heteroatoms. The first-order valence-electron chi connectivity index (χ1n) is 6.40. The number of thiophene rings is 1. The van der Waals surface area contributed by atoms with Gasteiger partial charge in [-0.25, -0.2) is 4.79 Å².